The number of hydrogen-bond acceptors (Lipinski definition) is 3. The minimum absolute atomic E-state index is 0.0216. The van der Waals surface area contributed by atoms with Crippen LogP contribution < -0.4 is 5.32 Å². The van der Waals surface area contributed by atoms with E-state index in [1.165, 1.54) is 4.90 Å². The van der Waals surface area contributed by atoms with Gasteiger partial charge in [0.05, 0.1) is 5.92 Å². The Hall–Kier alpha value is -2.37. The Morgan fingerprint density at radius 1 is 1.08 bits per heavy atom. The number of anilines is 1. The maximum atomic E-state index is 12.8. The van der Waals surface area contributed by atoms with E-state index in [-0.39, 0.29) is 17.5 Å². The number of nitrogens with one attached hydrogen (secondary N) is 1. The third-order valence-electron chi connectivity index (χ3n) is 5.55. The van der Waals surface area contributed by atoms with Crippen LogP contribution in [0.2, 0.25) is 0 Å². The Balaban J connectivity index is 1.79. The monoisotopic (exact) mass is 358 g/mol. The summed E-state index contributed by atoms with van der Waals surface area (Å²) in [4.78, 5) is 38.5. The number of carbonyl (C=O) groups is 3. The van der Waals surface area contributed by atoms with Crippen LogP contribution in [0.15, 0.2) is 24.3 Å². The smallest absolute Gasteiger partial charge is 0.313 e. The average molecular weight is 358 g/mol. The molecule has 3 atom stereocenters. The molecule has 2 bridgehead atoms. The van der Waals surface area contributed by atoms with Crippen molar-refractivity contribution in [2.75, 3.05) is 5.32 Å². The van der Waals surface area contributed by atoms with Gasteiger partial charge in [-0.15, -0.1) is 0 Å². The molecule has 0 aliphatic carbocycles. The van der Waals surface area contributed by atoms with Crippen LogP contribution in [0.5, 0.6) is 0 Å². The van der Waals surface area contributed by atoms with Gasteiger partial charge in [0.2, 0.25) is 0 Å². The molecule has 0 saturated carbocycles. The number of aliphatic carboxylic acids is 1. The number of carboxylic acids is 1. The maximum Gasteiger partial charge on any atom is 0.313 e. The third kappa shape index (κ3) is 3.32. The Morgan fingerprint density at radius 2 is 1.73 bits per heavy atom. The second kappa shape index (κ2) is 6.74. The first kappa shape index (κ1) is 18.4. The van der Waals surface area contributed by atoms with E-state index in [4.69, 9.17) is 0 Å². The minimum Gasteiger partial charge on any atom is -0.481 e. The van der Waals surface area contributed by atoms with Gasteiger partial charge in [0.15, 0.2) is 0 Å². The summed E-state index contributed by atoms with van der Waals surface area (Å²) in [5.41, 5.74) is 1.40. The van der Waals surface area contributed by atoms with Crippen molar-refractivity contribution in [2.45, 2.75) is 64.0 Å². The molecule has 1 aromatic carbocycles. The number of amides is 2. The fourth-order valence-corrected chi connectivity index (χ4v) is 4.30. The normalized spacial score (nSPS) is 25.0. The van der Waals surface area contributed by atoms with Crippen LogP contribution in [0.4, 0.5) is 5.69 Å². The van der Waals surface area contributed by atoms with Crippen molar-refractivity contribution < 1.29 is 19.5 Å². The number of fused-ring (bicyclic) bond motifs is 2. The van der Waals surface area contributed by atoms with E-state index >= 15 is 0 Å². The molecule has 140 valence electrons. The van der Waals surface area contributed by atoms with Gasteiger partial charge in [0.25, 0.3) is 0 Å². The van der Waals surface area contributed by atoms with Gasteiger partial charge in [-0.1, -0.05) is 39.0 Å². The lowest BCUT2D eigenvalue weighted by Gasteiger charge is -2.37. The molecule has 2 fully saturated rings. The maximum absolute atomic E-state index is 12.8. The summed E-state index contributed by atoms with van der Waals surface area (Å²) in [5.74, 6) is -2.77. The number of benzene rings is 1. The van der Waals surface area contributed by atoms with Gasteiger partial charge in [-0.05, 0) is 42.7 Å². The fraction of sp³-hybridized carbons (Fsp3) is 0.550. The molecular formula is C20H26N2O4. The number of piperidine rings is 1. The van der Waals surface area contributed by atoms with Crippen molar-refractivity contribution in [3.8, 4) is 0 Å². The van der Waals surface area contributed by atoms with Crippen LogP contribution in [-0.4, -0.2) is 39.9 Å². The zero-order chi connectivity index (χ0) is 19.1. The molecule has 6 heteroatoms. The van der Waals surface area contributed by atoms with E-state index in [1.54, 1.807) is 6.07 Å². The molecule has 1 aromatic rings. The van der Waals surface area contributed by atoms with Gasteiger partial charge in [-0.25, -0.2) is 0 Å². The van der Waals surface area contributed by atoms with Gasteiger partial charge in [-0.3, -0.25) is 14.4 Å². The first-order chi connectivity index (χ1) is 12.2. The SMILES string of the molecule is CC(C)(C)c1ccccc1NC(=O)C(=O)N1C2CCC(C(=O)O)C1CC2. The van der Waals surface area contributed by atoms with Crippen molar-refractivity contribution in [2.24, 2.45) is 5.92 Å². The lowest BCUT2D eigenvalue weighted by atomic mass is 9.86. The lowest BCUT2D eigenvalue weighted by molar-refractivity contribution is -0.153. The third-order valence-corrected chi connectivity index (χ3v) is 5.55. The summed E-state index contributed by atoms with van der Waals surface area (Å²) >= 11 is 0. The minimum atomic E-state index is -0.883. The van der Waals surface area contributed by atoms with Gasteiger partial charge in [0.1, 0.15) is 0 Å². The van der Waals surface area contributed by atoms with Gasteiger partial charge < -0.3 is 15.3 Å². The van der Waals surface area contributed by atoms with Crippen LogP contribution in [0, 0.1) is 5.92 Å². The number of rotatable bonds is 2. The van der Waals surface area contributed by atoms with Crippen molar-refractivity contribution in [3.63, 3.8) is 0 Å². The Bertz CT molecular complexity index is 738. The van der Waals surface area contributed by atoms with Gasteiger partial charge >= 0.3 is 17.8 Å². The van der Waals surface area contributed by atoms with Crippen LogP contribution in [0.3, 0.4) is 0 Å². The Kier molecular flexibility index (Phi) is 4.78. The number of nitrogens with zero attached hydrogens (tertiary/aromatic N) is 1. The van der Waals surface area contributed by atoms with Crippen LogP contribution in [0.1, 0.15) is 52.0 Å². The van der Waals surface area contributed by atoms with E-state index < -0.39 is 23.7 Å². The van der Waals surface area contributed by atoms with Crippen LogP contribution >= 0.6 is 0 Å². The largest absolute Gasteiger partial charge is 0.481 e. The molecular weight excluding hydrogens is 332 g/mol. The topological polar surface area (TPSA) is 86.7 Å². The first-order valence-corrected chi connectivity index (χ1v) is 9.16. The summed E-state index contributed by atoms with van der Waals surface area (Å²) < 4.78 is 0. The van der Waals surface area contributed by atoms with E-state index in [9.17, 15) is 19.5 Å². The zero-order valence-corrected chi connectivity index (χ0v) is 15.5. The first-order valence-electron chi connectivity index (χ1n) is 9.16. The quantitative estimate of drug-likeness (QED) is 0.796. The van der Waals surface area contributed by atoms with Crippen LogP contribution in [-0.2, 0) is 19.8 Å². The van der Waals surface area contributed by atoms with Crippen molar-refractivity contribution in [1.82, 2.24) is 4.90 Å². The molecule has 6 nitrogen and oxygen atoms in total. The predicted molar refractivity (Wildman–Crippen MR) is 97.8 cm³/mol. The summed E-state index contributed by atoms with van der Waals surface area (Å²) in [6.07, 6.45) is 2.64. The summed E-state index contributed by atoms with van der Waals surface area (Å²) in [7, 11) is 0. The van der Waals surface area contributed by atoms with Gasteiger partial charge in [-0.2, -0.15) is 0 Å². The molecule has 2 aliphatic heterocycles. The highest BCUT2D eigenvalue weighted by molar-refractivity contribution is 6.39. The summed E-state index contributed by atoms with van der Waals surface area (Å²) in [5, 5.41) is 12.2. The van der Waals surface area contributed by atoms with E-state index in [1.807, 2.05) is 39.0 Å². The van der Waals surface area contributed by atoms with E-state index in [2.05, 4.69) is 5.32 Å². The molecule has 3 rings (SSSR count). The zero-order valence-electron chi connectivity index (χ0n) is 15.5. The number of carboxylic acid groups (broad SMARTS) is 1. The molecule has 26 heavy (non-hydrogen) atoms. The summed E-state index contributed by atoms with van der Waals surface area (Å²) in [6, 6.07) is 7.05. The second-order valence-electron chi connectivity index (χ2n) is 8.28. The van der Waals surface area contributed by atoms with E-state index in [0.717, 1.165) is 12.0 Å². The number of para-hydroxylation sites is 1. The fourth-order valence-electron chi connectivity index (χ4n) is 4.30. The number of carbonyl (C=O) groups excluding carboxylic acids is 2. The Labute approximate surface area is 153 Å². The van der Waals surface area contributed by atoms with Crippen molar-refractivity contribution >= 4 is 23.5 Å². The number of hydrogen-bond donors (Lipinski definition) is 2. The predicted octanol–water partition coefficient (Wildman–Crippen LogP) is 2.78. The lowest BCUT2D eigenvalue weighted by Crippen LogP contribution is -2.53. The van der Waals surface area contributed by atoms with E-state index in [0.29, 0.717) is 24.9 Å². The summed E-state index contributed by atoms with van der Waals surface area (Å²) in [6.45, 7) is 6.13. The molecule has 2 amide bonds. The highest BCUT2D eigenvalue weighted by atomic mass is 16.4. The average Bonchev–Trinajstić information content (AvgIpc) is 2.85. The van der Waals surface area contributed by atoms with Crippen molar-refractivity contribution in [3.05, 3.63) is 29.8 Å². The molecule has 2 saturated heterocycles. The molecule has 0 radical (unpaired) electrons. The molecule has 2 N–H and O–H groups in total. The van der Waals surface area contributed by atoms with Crippen molar-refractivity contribution in [1.29, 1.82) is 0 Å². The highest BCUT2D eigenvalue weighted by Crippen LogP contribution is 2.39. The molecule has 0 aromatic heterocycles. The molecule has 2 aliphatic rings. The highest BCUT2D eigenvalue weighted by Gasteiger charge is 2.48. The van der Waals surface area contributed by atoms with Gasteiger partial charge in [0, 0.05) is 17.8 Å². The molecule has 2 heterocycles. The van der Waals surface area contributed by atoms with Crippen LogP contribution in [0.25, 0.3) is 0 Å². The molecule has 0 spiro atoms. The standard InChI is InChI=1S/C20H26N2O4/c1-20(2,3)14-6-4-5-7-15(14)21-17(23)18(24)22-12-8-10-13(19(25)26)16(22)11-9-12/h4-7,12-13,16H,8-11H2,1-3H3,(H,21,23)(H,25,26). The second-order valence-corrected chi connectivity index (χ2v) is 8.28. The molecule has 3 unspecified atom stereocenters. The Morgan fingerprint density at radius 3 is 2.38 bits per heavy atom.